The van der Waals surface area contributed by atoms with E-state index in [1.54, 1.807) is 22.6 Å². The molecule has 0 radical (unpaired) electrons. The molecule has 5 nitrogen and oxygen atoms in total. The van der Waals surface area contributed by atoms with Crippen molar-refractivity contribution < 1.29 is 8.42 Å². The lowest BCUT2D eigenvalue weighted by molar-refractivity contribution is 0.247. The number of hydrogen-bond donors (Lipinski definition) is 0. The minimum Gasteiger partial charge on any atom is -0.272 e. The van der Waals surface area contributed by atoms with Gasteiger partial charge in [0.15, 0.2) is 0 Å². The first-order chi connectivity index (χ1) is 11.8. The van der Waals surface area contributed by atoms with Crippen LogP contribution in [0.4, 0.5) is 0 Å². The molecule has 0 spiro atoms. The van der Waals surface area contributed by atoms with Crippen molar-refractivity contribution in [3.8, 4) is 0 Å². The highest BCUT2D eigenvalue weighted by atomic mass is 32.2. The van der Waals surface area contributed by atoms with Crippen molar-refractivity contribution in [3.63, 3.8) is 0 Å². The van der Waals surface area contributed by atoms with E-state index >= 15 is 0 Å². The van der Waals surface area contributed by atoms with Gasteiger partial charge in [-0.05, 0) is 47.9 Å². The Hall–Kier alpha value is -1.66. The van der Waals surface area contributed by atoms with E-state index < -0.39 is 10.0 Å². The molecule has 1 fully saturated rings. The molecule has 2 heterocycles. The first kappa shape index (κ1) is 18.1. The predicted molar refractivity (Wildman–Crippen MR) is 98.9 cm³/mol. The van der Waals surface area contributed by atoms with Gasteiger partial charge >= 0.3 is 0 Å². The molecule has 0 amide bonds. The summed E-state index contributed by atoms with van der Waals surface area (Å²) in [6.07, 6.45) is 5.49. The lowest BCUT2D eigenvalue weighted by atomic mass is 9.87. The maximum Gasteiger partial charge on any atom is 0.243 e. The van der Waals surface area contributed by atoms with Gasteiger partial charge in [0.05, 0.1) is 4.90 Å². The van der Waals surface area contributed by atoms with E-state index in [0.29, 0.717) is 23.9 Å². The van der Waals surface area contributed by atoms with Crippen molar-refractivity contribution in [1.82, 2.24) is 14.1 Å². The maximum atomic E-state index is 12.9. The van der Waals surface area contributed by atoms with Crippen molar-refractivity contribution in [2.75, 3.05) is 13.1 Å². The lowest BCUT2D eigenvalue weighted by Gasteiger charge is -2.31. The molecule has 6 heteroatoms. The Morgan fingerprint density at radius 1 is 1.12 bits per heavy atom. The standard InChI is InChI=1S/C19H27N3O2S/c1-19(2,3)17-5-7-18(8-6-17)25(23,24)22-13-9-16(10-14-22)15-21-12-4-11-20-21/h4-8,11-12,16H,9-10,13-15H2,1-3H3. The van der Waals surface area contributed by atoms with Gasteiger partial charge in [-0.3, -0.25) is 4.68 Å². The summed E-state index contributed by atoms with van der Waals surface area (Å²) in [6.45, 7) is 8.40. The number of hydrogen-bond acceptors (Lipinski definition) is 3. The Bertz CT molecular complexity index is 782. The first-order valence-corrected chi connectivity index (χ1v) is 10.3. The second-order valence-electron chi connectivity index (χ2n) is 7.85. The number of sulfonamides is 1. The minimum atomic E-state index is -3.40. The molecule has 1 aliphatic rings. The van der Waals surface area contributed by atoms with Gasteiger partial charge in [-0.1, -0.05) is 32.9 Å². The van der Waals surface area contributed by atoms with E-state index in [0.717, 1.165) is 24.9 Å². The van der Waals surface area contributed by atoms with Gasteiger partial charge in [0.2, 0.25) is 10.0 Å². The third-order valence-corrected chi connectivity index (χ3v) is 6.85. The Kier molecular flexibility index (Phi) is 5.02. The van der Waals surface area contributed by atoms with E-state index in [9.17, 15) is 8.42 Å². The van der Waals surface area contributed by atoms with E-state index in [1.165, 1.54) is 0 Å². The molecule has 0 unspecified atom stereocenters. The van der Waals surface area contributed by atoms with Crippen LogP contribution in [0.25, 0.3) is 0 Å². The largest absolute Gasteiger partial charge is 0.272 e. The van der Waals surface area contributed by atoms with E-state index in [1.807, 2.05) is 29.1 Å². The summed E-state index contributed by atoms with van der Waals surface area (Å²) in [6, 6.07) is 9.26. The van der Waals surface area contributed by atoms with Gasteiger partial charge in [0, 0.05) is 32.0 Å². The summed E-state index contributed by atoms with van der Waals surface area (Å²) in [4.78, 5) is 0.394. The highest BCUT2D eigenvalue weighted by Crippen LogP contribution is 2.27. The SMILES string of the molecule is CC(C)(C)c1ccc(S(=O)(=O)N2CCC(Cn3cccn3)CC2)cc1. The molecule has 0 atom stereocenters. The van der Waals surface area contributed by atoms with Crippen LogP contribution in [0.1, 0.15) is 39.2 Å². The number of piperidine rings is 1. The molecular formula is C19H27N3O2S. The second kappa shape index (κ2) is 6.92. The third kappa shape index (κ3) is 4.12. The monoisotopic (exact) mass is 361 g/mol. The Balaban J connectivity index is 1.65. The molecule has 136 valence electrons. The quantitative estimate of drug-likeness (QED) is 0.840. The zero-order valence-electron chi connectivity index (χ0n) is 15.2. The zero-order chi connectivity index (χ0) is 18.1. The van der Waals surface area contributed by atoms with Crippen LogP contribution in [0, 0.1) is 5.92 Å². The van der Waals surface area contributed by atoms with Gasteiger partial charge in [-0.15, -0.1) is 0 Å². The molecule has 0 aliphatic carbocycles. The number of nitrogens with zero attached hydrogens (tertiary/aromatic N) is 3. The summed E-state index contributed by atoms with van der Waals surface area (Å²) in [7, 11) is -3.40. The fourth-order valence-electron chi connectivity index (χ4n) is 3.28. The Morgan fingerprint density at radius 2 is 1.76 bits per heavy atom. The third-order valence-electron chi connectivity index (χ3n) is 4.94. The molecule has 1 aromatic heterocycles. The van der Waals surface area contributed by atoms with Crippen LogP contribution in [0.5, 0.6) is 0 Å². The topological polar surface area (TPSA) is 55.2 Å². The second-order valence-corrected chi connectivity index (χ2v) is 9.79. The highest BCUT2D eigenvalue weighted by Gasteiger charge is 2.29. The van der Waals surface area contributed by atoms with Crippen molar-refractivity contribution in [3.05, 3.63) is 48.3 Å². The fraction of sp³-hybridized carbons (Fsp3) is 0.526. The zero-order valence-corrected chi connectivity index (χ0v) is 16.0. The summed E-state index contributed by atoms with van der Waals surface area (Å²) in [5.74, 6) is 0.481. The number of benzene rings is 1. The van der Waals surface area contributed by atoms with E-state index in [4.69, 9.17) is 0 Å². The molecule has 0 saturated carbocycles. The molecule has 1 saturated heterocycles. The molecule has 0 N–H and O–H groups in total. The summed E-state index contributed by atoms with van der Waals surface area (Å²) in [5.41, 5.74) is 1.16. The van der Waals surface area contributed by atoms with Crippen molar-refractivity contribution >= 4 is 10.0 Å². The van der Waals surface area contributed by atoms with Crippen molar-refractivity contribution in [1.29, 1.82) is 0 Å². The van der Waals surface area contributed by atoms with Gasteiger partial charge < -0.3 is 0 Å². The summed E-state index contributed by atoms with van der Waals surface area (Å²) < 4.78 is 29.3. The molecule has 0 bridgehead atoms. The van der Waals surface area contributed by atoms with Crippen LogP contribution in [0.2, 0.25) is 0 Å². The average Bonchev–Trinajstić information content (AvgIpc) is 3.08. The molecule has 25 heavy (non-hydrogen) atoms. The average molecular weight is 362 g/mol. The number of rotatable bonds is 4. The summed E-state index contributed by atoms with van der Waals surface area (Å²) >= 11 is 0. The van der Waals surface area contributed by atoms with E-state index in [-0.39, 0.29) is 5.41 Å². The first-order valence-electron chi connectivity index (χ1n) is 8.85. The molecule has 3 rings (SSSR count). The summed E-state index contributed by atoms with van der Waals surface area (Å²) in [5, 5.41) is 4.24. The van der Waals surface area contributed by atoms with Crippen LogP contribution in [-0.4, -0.2) is 35.6 Å². The molecule has 2 aromatic rings. The predicted octanol–water partition coefficient (Wildman–Crippen LogP) is 3.28. The molecular weight excluding hydrogens is 334 g/mol. The lowest BCUT2D eigenvalue weighted by Crippen LogP contribution is -2.39. The van der Waals surface area contributed by atoms with Crippen LogP contribution in [0.3, 0.4) is 0 Å². The Morgan fingerprint density at radius 3 is 2.28 bits per heavy atom. The van der Waals surface area contributed by atoms with Gasteiger partial charge in [-0.2, -0.15) is 9.40 Å². The van der Waals surface area contributed by atoms with Gasteiger partial charge in [-0.25, -0.2) is 8.42 Å². The van der Waals surface area contributed by atoms with Crippen molar-refractivity contribution in [2.24, 2.45) is 5.92 Å². The highest BCUT2D eigenvalue weighted by molar-refractivity contribution is 7.89. The normalized spacial score (nSPS) is 17.7. The van der Waals surface area contributed by atoms with E-state index in [2.05, 4.69) is 25.9 Å². The Labute approximate surface area is 150 Å². The van der Waals surface area contributed by atoms with Crippen LogP contribution in [-0.2, 0) is 22.0 Å². The van der Waals surface area contributed by atoms with Crippen LogP contribution >= 0.6 is 0 Å². The maximum absolute atomic E-state index is 12.9. The van der Waals surface area contributed by atoms with Gasteiger partial charge in [0.25, 0.3) is 0 Å². The van der Waals surface area contributed by atoms with Crippen LogP contribution in [0.15, 0.2) is 47.6 Å². The molecule has 1 aromatic carbocycles. The fourth-order valence-corrected chi connectivity index (χ4v) is 4.75. The van der Waals surface area contributed by atoms with Crippen LogP contribution < -0.4 is 0 Å². The smallest absolute Gasteiger partial charge is 0.243 e. The van der Waals surface area contributed by atoms with Gasteiger partial charge in [0.1, 0.15) is 0 Å². The van der Waals surface area contributed by atoms with Crippen molar-refractivity contribution in [2.45, 2.75) is 50.5 Å². The minimum absolute atomic E-state index is 0.0210. The number of aromatic nitrogens is 2. The molecule has 1 aliphatic heterocycles.